The van der Waals surface area contributed by atoms with Gasteiger partial charge in [-0.1, -0.05) is 0 Å². The maximum atomic E-state index is 5.79. The van der Waals surface area contributed by atoms with Gasteiger partial charge >= 0.3 is 0 Å². The van der Waals surface area contributed by atoms with Crippen LogP contribution in [0.5, 0.6) is 0 Å². The van der Waals surface area contributed by atoms with Crippen LogP contribution in [-0.2, 0) is 4.74 Å². The molecule has 3 heteroatoms. The van der Waals surface area contributed by atoms with Crippen LogP contribution >= 0.6 is 12.4 Å². The van der Waals surface area contributed by atoms with Crippen LogP contribution in [0, 0.1) is 5.92 Å². The maximum absolute atomic E-state index is 5.79. The molecule has 0 aromatic rings. The Morgan fingerprint density at radius 2 is 1.83 bits per heavy atom. The van der Waals surface area contributed by atoms with E-state index < -0.39 is 0 Å². The highest BCUT2D eigenvalue weighted by Gasteiger charge is 2.17. The summed E-state index contributed by atoms with van der Waals surface area (Å²) < 4.78 is 5.04. The predicted molar refractivity (Wildman–Crippen MR) is 53.7 cm³/mol. The van der Waals surface area contributed by atoms with E-state index in [0.717, 1.165) is 12.5 Å². The van der Waals surface area contributed by atoms with Crippen molar-refractivity contribution >= 4 is 12.4 Å². The van der Waals surface area contributed by atoms with E-state index in [1.54, 1.807) is 7.11 Å². The van der Waals surface area contributed by atoms with Gasteiger partial charge in [0.2, 0.25) is 0 Å². The molecule has 0 amide bonds. The molecule has 1 aliphatic rings. The Morgan fingerprint density at radius 1 is 1.25 bits per heavy atom. The van der Waals surface area contributed by atoms with E-state index in [0.29, 0.717) is 6.04 Å². The molecule has 0 spiro atoms. The molecule has 0 aliphatic heterocycles. The third-order valence-corrected chi connectivity index (χ3v) is 2.62. The van der Waals surface area contributed by atoms with E-state index in [-0.39, 0.29) is 12.4 Å². The van der Waals surface area contributed by atoms with Gasteiger partial charge in [-0.25, -0.2) is 0 Å². The van der Waals surface area contributed by atoms with Gasteiger partial charge in [-0.05, 0) is 38.0 Å². The van der Waals surface area contributed by atoms with Crippen LogP contribution in [0.3, 0.4) is 0 Å². The smallest absolute Gasteiger partial charge is 0.0464 e. The van der Waals surface area contributed by atoms with Crippen LogP contribution in [0.2, 0.25) is 0 Å². The van der Waals surface area contributed by atoms with Crippen molar-refractivity contribution in [1.29, 1.82) is 0 Å². The molecule has 1 rings (SSSR count). The molecule has 0 radical (unpaired) electrons. The Labute approximate surface area is 81.3 Å². The van der Waals surface area contributed by atoms with Crippen molar-refractivity contribution in [3.63, 3.8) is 0 Å². The largest absolute Gasteiger partial charge is 0.385 e. The SMILES string of the molecule is COCCC1CCC(N)CC1.Cl. The van der Waals surface area contributed by atoms with Gasteiger partial charge in [-0.3, -0.25) is 0 Å². The molecule has 0 unspecified atom stereocenters. The molecule has 0 saturated heterocycles. The number of ether oxygens (including phenoxy) is 1. The zero-order chi connectivity index (χ0) is 8.10. The van der Waals surface area contributed by atoms with Crippen molar-refractivity contribution in [3.05, 3.63) is 0 Å². The third kappa shape index (κ3) is 4.29. The van der Waals surface area contributed by atoms with Crippen LogP contribution in [0.1, 0.15) is 32.1 Å². The molecule has 0 aromatic carbocycles. The second kappa shape index (κ2) is 6.70. The summed E-state index contributed by atoms with van der Waals surface area (Å²) in [6.45, 7) is 0.917. The number of hydrogen-bond acceptors (Lipinski definition) is 2. The lowest BCUT2D eigenvalue weighted by Crippen LogP contribution is -2.26. The summed E-state index contributed by atoms with van der Waals surface area (Å²) in [5, 5.41) is 0. The first kappa shape index (κ1) is 12.2. The van der Waals surface area contributed by atoms with E-state index in [1.807, 2.05) is 0 Å². The molecule has 1 aliphatic carbocycles. The molecular formula is C9H20ClNO. The standard InChI is InChI=1S/C9H19NO.ClH/c1-11-7-6-8-2-4-9(10)5-3-8;/h8-9H,2-7,10H2,1H3;1H. The first-order valence-corrected chi connectivity index (χ1v) is 4.57. The molecule has 1 saturated carbocycles. The van der Waals surface area contributed by atoms with Gasteiger partial charge in [0.25, 0.3) is 0 Å². The Bertz CT molecular complexity index is 99.9. The van der Waals surface area contributed by atoms with E-state index in [4.69, 9.17) is 10.5 Å². The van der Waals surface area contributed by atoms with Crippen LogP contribution < -0.4 is 5.73 Å². The molecule has 0 atom stereocenters. The van der Waals surface area contributed by atoms with Crippen LogP contribution in [-0.4, -0.2) is 19.8 Å². The van der Waals surface area contributed by atoms with E-state index in [1.165, 1.54) is 32.1 Å². The lowest BCUT2D eigenvalue weighted by atomic mass is 9.85. The highest BCUT2D eigenvalue weighted by atomic mass is 35.5. The van der Waals surface area contributed by atoms with Gasteiger partial charge in [0.1, 0.15) is 0 Å². The monoisotopic (exact) mass is 193 g/mol. The third-order valence-electron chi connectivity index (χ3n) is 2.62. The summed E-state index contributed by atoms with van der Waals surface area (Å²) in [5.74, 6) is 0.884. The van der Waals surface area contributed by atoms with Gasteiger partial charge in [-0.15, -0.1) is 12.4 Å². The van der Waals surface area contributed by atoms with E-state index >= 15 is 0 Å². The second-order valence-electron chi connectivity index (χ2n) is 3.56. The summed E-state index contributed by atoms with van der Waals surface area (Å²) in [5.41, 5.74) is 5.79. The van der Waals surface area contributed by atoms with Gasteiger partial charge in [0, 0.05) is 19.8 Å². The zero-order valence-electron chi connectivity index (χ0n) is 7.79. The number of methoxy groups -OCH3 is 1. The minimum absolute atomic E-state index is 0. The van der Waals surface area contributed by atoms with Crippen LogP contribution in [0.4, 0.5) is 0 Å². The normalized spacial score (nSPS) is 29.5. The van der Waals surface area contributed by atoms with Crippen molar-refractivity contribution in [2.45, 2.75) is 38.1 Å². The molecule has 0 aromatic heterocycles. The lowest BCUT2D eigenvalue weighted by molar-refractivity contribution is 0.163. The van der Waals surface area contributed by atoms with Crippen LogP contribution in [0.25, 0.3) is 0 Å². The highest BCUT2D eigenvalue weighted by Crippen LogP contribution is 2.25. The van der Waals surface area contributed by atoms with Crippen LogP contribution in [0.15, 0.2) is 0 Å². The van der Waals surface area contributed by atoms with E-state index in [2.05, 4.69) is 0 Å². The number of hydrogen-bond donors (Lipinski definition) is 1. The van der Waals surface area contributed by atoms with Crippen molar-refractivity contribution in [1.82, 2.24) is 0 Å². The predicted octanol–water partition coefficient (Wildman–Crippen LogP) is 1.96. The fraction of sp³-hybridized carbons (Fsp3) is 1.00. The fourth-order valence-electron chi connectivity index (χ4n) is 1.76. The number of nitrogens with two attached hydrogens (primary N) is 1. The summed E-state index contributed by atoms with van der Waals surface area (Å²) in [6.07, 6.45) is 6.28. The Balaban J connectivity index is 0.00000121. The van der Waals surface area contributed by atoms with E-state index in [9.17, 15) is 0 Å². The number of halogens is 1. The van der Waals surface area contributed by atoms with Gasteiger partial charge in [0.15, 0.2) is 0 Å². The highest BCUT2D eigenvalue weighted by molar-refractivity contribution is 5.85. The summed E-state index contributed by atoms with van der Waals surface area (Å²) in [7, 11) is 1.77. The van der Waals surface area contributed by atoms with Gasteiger partial charge < -0.3 is 10.5 Å². The Morgan fingerprint density at radius 3 is 2.33 bits per heavy atom. The molecule has 12 heavy (non-hydrogen) atoms. The Hall–Kier alpha value is 0.210. The summed E-state index contributed by atoms with van der Waals surface area (Å²) >= 11 is 0. The van der Waals surface area contributed by atoms with Crippen molar-refractivity contribution in [2.75, 3.05) is 13.7 Å². The van der Waals surface area contributed by atoms with Crippen molar-refractivity contribution in [3.8, 4) is 0 Å². The van der Waals surface area contributed by atoms with Gasteiger partial charge in [-0.2, -0.15) is 0 Å². The lowest BCUT2D eigenvalue weighted by Gasteiger charge is -2.25. The molecular weight excluding hydrogens is 174 g/mol. The summed E-state index contributed by atoms with van der Waals surface area (Å²) in [6, 6.07) is 0.480. The molecule has 2 N–H and O–H groups in total. The van der Waals surface area contributed by atoms with Gasteiger partial charge in [0.05, 0.1) is 0 Å². The average molecular weight is 194 g/mol. The van der Waals surface area contributed by atoms with Crippen molar-refractivity contribution in [2.24, 2.45) is 11.7 Å². The number of rotatable bonds is 3. The summed E-state index contributed by atoms with van der Waals surface area (Å²) in [4.78, 5) is 0. The molecule has 74 valence electrons. The first-order valence-electron chi connectivity index (χ1n) is 4.57. The quantitative estimate of drug-likeness (QED) is 0.744. The second-order valence-corrected chi connectivity index (χ2v) is 3.56. The fourth-order valence-corrected chi connectivity index (χ4v) is 1.76. The minimum Gasteiger partial charge on any atom is -0.385 e. The topological polar surface area (TPSA) is 35.2 Å². The minimum atomic E-state index is 0. The van der Waals surface area contributed by atoms with Crippen molar-refractivity contribution < 1.29 is 4.74 Å². The first-order chi connectivity index (χ1) is 5.33. The Kier molecular flexibility index (Phi) is 6.81. The molecule has 1 fully saturated rings. The maximum Gasteiger partial charge on any atom is 0.0464 e. The zero-order valence-corrected chi connectivity index (χ0v) is 8.61. The molecule has 0 heterocycles. The molecule has 2 nitrogen and oxygen atoms in total. The average Bonchev–Trinajstić information content (AvgIpc) is 2.04. The molecule has 0 bridgehead atoms.